The Morgan fingerprint density at radius 3 is 2.39 bits per heavy atom. The highest BCUT2D eigenvalue weighted by Gasteiger charge is 2.10. The fraction of sp³-hybridized carbons (Fsp3) is 0.200. The van der Waals surface area contributed by atoms with Crippen LogP contribution in [0, 0.1) is 0 Å². The van der Waals surface area contributed by atoms with Crippen LogP contribution in [0.5, 0.6) is 10.9 Å². The van der Waals surface area contributed by atoms with Crippen LogP contribution in [0.4, 0.5) is 0 Å². The molecule has 5 nitrogen and oxygen atoms in total. The average Bonchev–Trinajstić information content (AvgIpc) is 3.19. The summed E-state index contributed by atoms with van der Waals surface area (Å²) < 4.78 is 7.03. The average molecular weight is 433 g/mol. The van der Waals surface area contributed by atoms with Crippen molar-refractivity contribution in [3.63, 3.8) is 0 Å². The van der Waals surface area contributed by atoms with Gasteiger partial charge in [-0.2, -0.15) is 0 Å². The lowest BCUT2D eigenvalue weighted by molar-refractivity contribution is -0.137. The van der Waals surface area contributed by atoms with Crippen molar-refractivity contribution in [2.24, 2.45) is 0 Å². The van der Waals surface area contributed by atoms with Crippen molar-refractivity contribution < 1.29 is 14.6 Å². The summed E-state index contributed by atoms with van der Waals surface area (Å²) in [6.07, 6.45) is 0.982. The molecule has 0 saturated heterocycles. The SMILES string of the molecule is O=C(O)CCN(CCc1ccc(Oc2nc3ccccc3s2)cc1)Cc1ccccc1. The van der Waals surface area contributed by atoms with Crippen LogP contribution in [0.15, 0.2) is 78.9 Å². The van der Waals surface area contributed by atoms with Crippen molar-refractivity contribution in [1.29, 1.82) is 0 Å². The maximum atomic E-state index is 11.0. The van der Waals surface area contributed by atoms with Crippen LogP contribution in [-0.2, 0) is 17.8 Å². The molecule has 0 saturated carbocycles. The largest absolute Gasteiger partial charge is 0.481 e. The van der Waals surface area contributed by atoms with Gasteiger partial charge in [0.25, 0.3) is 5.19 Å². The fourth-order valence-electron chi connectivity index (χ4n) is 3.37. The van der Waals surface area contributed by atoms with Crippen molar-refractivity contribution >= 4 is 27.5 Å². The lowest BCUT2D eigenvalue weighted by atomic mass is 10.1. The second-order valence-electron chi connectivity index (χ2n) is 7.35. The number of ether oxygens (including phenoxy) is 1. The second-order valence-corrected chi connectivity index (χ2v) is 8.34. The Kier molecular flexibility index (Phi) is 6.92. The van der Waals surface area contributed by atoms with E-state index in [1.807, 2.05) is 54.6 Å². The highest BCUT2D eigenvalue weighted by Crippen LogP contribution is 2.31. The lowest BCUT2D eigenvalue weighted by Gasteiger charge is -2.21. The first-order chi connectivity index (χ1) is 15.2. The molecular weight excluding hydrogens is 408 g/mol. The van der Waals surface area contributed by atoms with Gasteiger partial charge in [-0.3, -0.25) is 9.69 Å². The number of hydrogen-bond donors (Lipinski definition) is 1. The molecule has 1 heterocycles. The Morgan fingerprint density at radius 1 is 0.903 bits per heavy atom. The van der Waals surface area contributed by atoms with Crippen LogP contribution in [0.1, 0.15) is 17.5 Å². The Balaban J connectivity index is 1.35. The number of thiazole rings is 1. The van der Waals surface area contributed by atoms with Gasteiger partial charge in [-0.25, -0.2) is 4.98 Å². The third-order valence-corrected chi connectivity index (χ3v) is 5.92. The van der Waals surface area contributed by atoms with E-state index >= 15 is 0 Å². The number of nitrogens with zero attached hydrogens (tertiary/aromatic N) is 2. The molecule has 0 radical (unpaired) electrons. The predicted octanol–water partition coefficient (Wildman–Crippen LogP) is 5.61. The quantitative estimate of drug-likeness (QED) is 0.353. The molecule has 0 aliphatic carbocycles. The molecule has 0 spiro atoms. The molecule has 0 unspecified atom stereocenters. The molecule has 0 aliphatic heterocycles. The van der Waals surface area contributed by atoms with Crippen LogP contribution in [0.3, 0.4) is 0 Å². The normalized spacial score (nSPS) is 11.1. The molecule has 0 fully saturated rings. The maximum absolute atomic E-state index is 11.0. The van der Waals surface area contributed by atoms with Crippen LogP contribution in [0.25, 0.3) is 10.2 Å². The van der Waals surface area contributed by atoms with Gasteiger partial charge in [0.1, 0.15) is 5.75 Å². The number of carbonyl (C=O) groups is 1. The number of hydrogen-bond acceptors (Lipinski definition) is 5. The Morgan fingerprint density at radius 2 is 1.65 bits per heavy atom. The van der Waals surface area contributed by atoms with Crippen molar-refractivity contribution in [2.45, 2.75) is 19.4 Å². The smallest absolute Gasteiger partial charge is 0.304 e. The third kappa shape index (κ3) is 6.13. The van der Waals surface area contributed by atoms with Gasteiger partial charge in [-0.05, 0) is 41.8 Å². The molecule has 158 valence electrons. The Hall–Kier alpha value is -3.22. The summed E-state index contributed by atoms with van der Waals surface area (Å²) in [5.41, 5.74) is 3.32. The molecule has 1 N–H and O–H groups in total. The molecule has 0 aliphatic rings. The van der Waals surface area contributed by atoms with E-state index in [2.05, 4.69) is 34.1 Å². The standard InChI is InChI=1S/C25H24N2O3S/c28-24(29)15-17-27(18-20-6-2-1-3-7-20)16-14-19-10-12-21(13-11-19)30-25-26-22-8-4-5-9-23(22)31-25/h1-13H,14-18H2,(H,28,29). The maximum Gasteiger partial charge on any atom is 0.304 e. The number of fused-ring (bicyclic) bond motifs is 1. The zero-order valence-corrected chi connectivity index (χ0v) is 17.9. The number of aromatic nitrogens is 1. The van der Waals surface area contributed by atoms with Crippen LogP contribution in [-0.4, -0.2) is 34.0 Å². The van der Waals surface area contributed by atoms with Crippen LogP contribution < -0.4 is 4.74 Å². The molecular formula is C25H24N2O3S. The van der Waals surface area contributed by atoms with E-state index in [4.69, 9.17) is 9.84 Å². The monoisotopic (exact) mass is 432 g/mol. The molecule has 4 aromatic rings. The minimum atomic E-state index is -0.769. The van der Waals surface area contributed by atoms with Gasteiger partial charge in [-0.15, -0.1) is 0 Å². The zero-order valence-electron chi connectivity index (χ0n) is 17.1. The highest BCUT2D eigenvalue weighted by atomic mass is 32.1. The first kappa shape index (κ1) is 21.0. The molecule has 0 amide bonds. The molecule has 4 rings (SSSR count). The number of carboxylic acids is 1. The van der Waals surface area contributed by atoms with E-state index in [-0.39, 0.29) is 6.42 Å². The van der Waals surface area contributed by atoms with Gasteiger partial charge in [0.15, 0.2) is 0 Å². The van der Waals surface area contributed by atoms with E-state index in [0.29, 0.717) is 11.7 Å². The Labute approximate surface area is 185 Å². The van der Waals surface area contributed by atoms with Gasteiger partial charge in [0.2, 0.25) is 0 Å². The van der Waals surface area contributed by atoms with E-state index in [0.717, 1.165) is 35.5 Å². The topological polar surface area (TPSA) is 62.7 Å². The lowest BCUT2D eigenvalue weighted by Crippen LogP contribution is -2.28. The third-order valence-electron chi connectivity index (χ3n) is 5.01. The zero-order chi connectivity index (χ0) is 21.5. The van der Waals surface area contributed by atoms with Gasteiger partial charge >= 0.3 is 5.97 Å². The van der Waals surface area contributed by atoms with E-state index in [9.17, 15) is 4.79 Å². The van der Waals surface area contributed by atoms with Crippen molar-refractivity contribution in [3.05, 3.63) is 90.0 Å². The van der Waals surface area contributed by atoms with Gasteiger partial charge in [0.05, 0.1) is 16.6 Å². The number of carboxylic acid groups (broad SMARTS) is 1. The number of benzene rings is 3. The minimum Gasteiger partial charge on any atom is -0.481 e. The van der Waals surface area contributed by atoms with Gasteiger partial charge in [0, 0.05) is 19.6 Å². The summed E-state index contributed by atoms with van der Waals surface area (Å²) >= 11 is 1.53. The molecule has 0 bridgehead atoms. The number of rotatable bonds is 10. The number of para-hydroxylation sites is 1. The highest BCUT2D eigenvalue weighted by molar-refractivity contribution is 7.20. The first-order valence-corrected chi connectivity index (χ1v) is 11.1. The fourth-order valence-corrected chi connectivity index (χ4v) is 4.21. The van der Waals surface area contributed by atoms with Gasteiger partial charge in [-0.1, -0.05) is 65.9 Å². The van der Waals surface area contributed by atoms with Crippen molar-refractivity contribution in [1.82, 2.24) is 9.88 Å². The summed E-state index contributed by atoms with van der Waals surface area (Å²) in [6.45, 7) is 2.07. The van der Waals surface area contributed by atoms with E-state index in [1.165, 1.54) is 22.5 Å². The van der Waals surface area contributed by atoms with E-state index < -0.39 is 5.97 Å². The summed E-state index contributed by atoms with van der Waals surface area (Å²) in [5, 5.41) is 9.70. The minimum absolute atomic E-state index is 0.141. The summed E-state index contributed by atoms with van der Waals surface area (Å²) in [6, 6.07) is 26.2. The molecule has 6 heteroatoms. The van der Waals surface area contributed by atoms with Gasteiger partial charge < -0.3 is 9.84 Å². The summed E-state index contributed by atoms with van der Waals surface area (Å²) in [4.78, 5) is 17.7. The van der Waals surface area contributed by atoms with E-state index in [1.54, 1.807) is 0 Å². The van der Waals surface area contributed by atoms with Crippen molar-refractivity contribution in [3.8, 4) is 10.9 Å². The first-order valence-electron chi connectivity index (χ1n) is 10.3. The predicted molar refractivity (Wildman–Crippen MR) is 124 cm³/mol. The molecule has 1 aromatic heterocycles. The molecule has 31 heavy (non-hydrogen) atoms. The van der Waals surface area contributed by atoms with Crippen LogP contribution >= 0.6 is 11.3 Å². The summed E-state index contributed by atoms with van der Waals surface area (Å²) in [5.74, 6) is -0.00997. The number of aliphatic carboxylic acids is 1. The molecule has 0 atom stereocenters. The Bertz CT molecular complexity index is 1090. The summed E-state index contributed by atoms with van der Waals surface area (Å²) in [7, 11) is 0. The molecule has 3 aromatic carbocycles. The van der Waals surface area contributed by atoms with Crippen molar-refractivity contribution in [2.75, 3.05) is 13.1 Å². The second kappa shape index (κ2) is 10.2. The van der Waals surface area contributed by atoms with Crippen LogP contribution in [0.2, 0.25) is 0 Å².